The Hall–Kier alpha value is -2.16. The molecule has 0 radical (unpaired) electrons. The molecule has 0 aliphatic carbocycles. The monoisotopic (exact) mass is 505 g/mol. The summed E-state index contributed by atoms with van der Waals surface area (Å²) in [6.45, 7) is 8.84. The van der Waals surface area contributed by atoms with Gasteiger partial charge >= 0.3 is 5.97 Å². The molecular weight excluding hydrogens is 465 g/mol. The van der Waals surface area contributed by atoms with Crippen LogP contribution in [-0.2, 0) is 19.1 Å². The summed E-state index contributed by atoms with van der Waals surface area (Å²) in [5, 5.41) is 21.8. The normalized spacial score (nSPS) is 36.6. The van der Waals surface area contributed by atoms with E-state index in [9.17, 15) is 19.8 Å². The van der Waals surface area contributed by atoms with Crippen LogP contribution in [0, 0.1) is 17.3 Å². The number of ketones is 1. The highest BCUT2D eigenvalue weighted by atomic mass is 19.1. The van der Waals surface area contributed by atoms with Crippen molar-refractivity contribution in [3.05, 3.63) is 35.9 Å². The van der Waals surface area contributed by atoms with Gasteiger partial charge in [-0.2, -0.15) is 0 Å². The minimum absolute atomic E-state index is 0.128. The Kier molecular flexibility index (Phi) is 9.06. The molecule has 4 unspecified atom stereocenters. The lowest BCUT2D eigenvalue weighted by atomic mass is 9.71. The zero-order chi connectivity index (χ0) is 26.7. The van der Waals surface area contributed by atoms with Crippen LogP contribution in [0.3, 0.4) is 0 Å². The second kappa shape index (κ2) is 11.5. The van der Waals surface area contributed by atoms with Crippen molar-refractivity contribution >= 4 is 17.8 Å². The first-order valence-corrected chi connectivity index (χ1v) is 12.9. The van der Waals surface area contributed by atoms with Gasteiger partial charge in [0.25, 0.3) is 0 Å². The largest absolute Gasteiger partial charge is 0.455 e. The van der Waals surface area contributed by atoms with E-state index in [1.54, 1.807) is 38.2 Å². The van der Waals surface area contributed by atoms with Crippen molar-refractivity contribution in [2.75, 3.05) is 0 Å². The molecule has 2 fully saturated rings. The number of nitrogens with zero attached hydrogens (tertiary/aromatic N) is 1. The molecule has 8 heteroatoms. The molecule has 0 spiro atoms. The lowest BCUT2D eigenvalue weighted by molar-refractivity contribution is -0.155. The zero-order valence-electron chi connectivity index (χ0n) is 21.9. The third-order valence-electron chi connectivity index (χ3n) is 7.95. The van der Waals surface area contributed by atoms with Crippen molar-refractivity contribution in [1.29, 1.82) is 0 Å². The Morgan fingerprint density at radius 1 is 1.25 bits per heavy atom. The first-order chi connectivity index (χ1) is 16.9. The van der Waals surface area contributed by atoms with E-state index in [4.69, 9.17) is 9.47 Å². The molecule has 1 aromatic rings. The van der Waals surface area contributed by atoms with E-state index in [1.165, 1.54) is 6.08 Å². The summed E-state index contributed by atoms with van der Waals surface area (Å²) >= 11 is 0. The fraction of sp³-hybridized carbons (Fsp3) is 0.679. The molecule has 2 aliphatic rings. The van der Waals surface area contributed by atoms with Gasteiger partial charge in [-0.3, -0.25) is 14.6 Å². The molecule has 0 amide bonds. The van der Waals surface area contributed by atoms with Gasteiger partial charge in [0.1, 0.15) is 11.6 Å². The summed E-state index contributed by atoms with van der Waals surface area (Å²) < 4.78 is 26.7. The van der Waals surface area contributed by atoms with Gasteiger partial charge in [0.15, 0.2) is 6.10 Å². The maximum atomic E-state index is 15.3. The Morgan fingerprint density at radius 2 is 1.97 bits per heavy atom. The fourth-order valence-corrected chi connectivity index (χ4v) is 5.10. The van der Waals surface area contributed by atoms with Gasteiger partial charge in [0.05, 0.1) is 41.4 Å². The summed E-state index contributed by atoms with van der Waals surface area (Å²) in [5.74, 6) is -2.56. The molecule has 2 aliphatic heterocycles. The number of aliphatic hydroxyl groups is 2. The number of Topliss-reactive ketones (excluding diaryl/α,β-unsaturated/α-hetero) is 1. The van der Waals surface area contributed by atoms with Gasteiger partial charge in [0.2, 0.25) is 0 Å². The molecule has 0 aromatic carbocycles. The number of cyclic esters (lactones) is 1. The molecule has 36 heavy (non-hydrogen) atoms. The van der Waals surface area contributed by atoms with E-state index >= 15 is 4.39 Å². The van der Waals surface area contributed by atoms with E-state index in [-0.39, 0.29) is 24.2 Å². The van der Waals surface area contributed by atoms with Gasteiger partial charge < -0.3 is 19.7 Å². The minimum Gasteiger partial charge on any atom is -0.455 e. The molecule has 7 nitrogen and oxygen atoms in total. The van der Waals surface area contributed by atoms with E-state index in [1.807, 2.05) is 20.8 Å². The summed E-state index contributed by atoms with van der Waals surface area (Å²) in [4.78, 5) is 30.3. The van der Waals surface area contributed by atoms with Crippen LogP contribution in [0.15, 0.2) is 30.2 Å². The number of esters is 1. The van der Waals surface area contributed by atoms with Crippen LogP contribution >= 0.6 is 0 Å². The van der Waals surface area contributed by atoms with Crippen molar-refractivity contribution in [3.63, 3.8) is 0 Å². The summed E-state index contributed by atoms with van der Waals surface area (Å²) in [7, 11) is 0. The van der Waals surface area contributed by atoms with Crippen LogP contribution in [0.1, 0.15) is 78.8 Å². The van der Waals surface area contributed by atoms with E-state index in [0.717, 1.165) is 6.42 Å². The Balaban J connectivity index is 1.87. The zero-order valence-corrected chi connectivity index (χ0v) is 21.9. The number of halogens is 1. The number of fused-ring (bicyclic) bond motifs is 1. The standard InChI is InChI=1S/C28H40FNO6/c1-6-19-25(33)17(2)10-9-12-28(5)23(36-28)15-21(20(29)14-18-11-7-8-13-30-18)35-24(32)16-22(31)27(3,4)26(19)34/h7-8,11,13-14,17,19,21-23,25,31,33H,6,9-10,12,15-16H2,1-5H3/t17-,19?,21-,22-,23?,25?,28?/m0/s1. The average Bonchev–Trinajstić information content (AvgIpc) is 3.47. The summed E-state index contributed by atoms with van der Waals surface area (Å²) in [6, 6.07) is 5.10. The number of epoxide rings is 1. The number of aromatic nitrogens is 1. The maximum Gasteiger partial charge on any atom is 0.309 e. The number of carbonyl (C=O) groups is 2. The van der Waals surface area contributed by atoms with Crippen LogP contribution < -0.4 is 0 Å². The number of carbonyl (C=O) groups excluding carboxylic acids is 2. The quantitative estimate of drug-likeness (QED) is 0.463. The summed E-state index contributed by atoms with van der Waals surface area (Å²) in [5.41, 5.74) is -1.38. The smallest absolute Gasteiger partial charge is 0.309 e. The van der Waals surface area contributed by atoms with Gasteiger partial charge in [-0.1, -0.05) is 40.2 Å². The lowest BCUT2D eigenvalue weighted by Gasteiger charge is -2.35. The van der Waals surface area contributed by atoms with E-state index in [0.29, 0.717) is 25.0 Å². The summed E-state index contributed by atoms with van der Waals surface area (Å²) in [6.07, 6.45) is 1.31. The molecule has 7 atom stereocenters. The number of aliphatic hydroxyl groups excluding tert-OH is 2. The Morgan fingerprint density at radius 3 is 2.61 bits per heavy atom. The van der Waals surface area contributed by atoms with Crippen LogP contribution in [0.4, 0.5) is 4.39 Å². The van der Waals surface area contributed by atoms with Gasteiger partial charge in [0, 0.05) is 18.5 Å². The molecule has 0 saturated carbocycles. The molecule has 2 saturated heterocycles. The number of ether oxygens (including phenoxy) is 2. The molecule has 0 bridgehead atoms. The van der Waals surface area contributed by atoms with Crippen molar-refractivity contribution in [2.24, 2.45) is 17.3 Å². The first-order valence-electron chi connectivity index (χ1n) is 12.9. The van der Waals surface area contributed by atoms with Crippen molar-refractivity contribution in [3.8, 4) is 0 Å². The van der Waals surface area contributed by atoms with Crippen LogP contribution in [0.2, 0.25) is 0 Å². The van der Waals surface area contributed by atoms with E-state index < -0.39 is 53.5 Å². The highest BCUT2D eigenvalue weighted by Crippen LogP contribution is 2.45. The third kappa shape index (κ3) is 6.58. The van der Waals surface area contributed by atoms with Crippen LogP contribution in [0.25, 0.3) is 6.08 Å². The number of hydrogen-bond donors (Lipinski definition) is 2. The molecule has 1 aromatic heterocycles. The molecule has 3 heterocycles. The van der Waals surface area contributed by atoms with Crippen LogP contribution in [-0.4, -0.2) is 57.0 Å². The fourth-order valence-electron chi connectivity index (χ4n) is 5.10. The second-order valence-corrected chi connectivity index (χ2v) is 11.1. The van der Waals surface area contributed by atoms with Crippen molar-refractivity contribution in [2.45, 2.75) is 103 Å². The topological polar surface area (TPSA) is 109 Å². The third-order valence-corrected chi connectivity index (χ3v) is 7.95. The highest BCUT2D eigenvalue weighted by molar-refractivity contribution is 5.88. The van der Waals surface area contributed by atoms with Crippen LogP contribution in [0.5, 0.6) is 0 Å². The lowest BCUT2D eigenvalue weighted by Crippen LogP contribution is -2.46. The number of hydrogen-bond acceptors (Lipinski definition) is 7. The molecular formula is C28H40FNO6. The van der Waals surface area contributed by atoms with Crippen molar-refractivity contribution < 1.29 is 33.7 Å². The Bertz CT molecular complexity index is 951. The number of rotatable bonds is 3. The molecule has 2 N–H and O–H groups in total. The van der Waals surface area contributed by atoms with Crippen molar-refractivity contribution in [1.82, 2.24) is 4.98 Å². The minimum atomic E-state index is -1.35. The Labute approximate surface area is 213 Å². The maximum absolute atomic E-state index is 15.3. The SMILES string of the molecule is CCC1C(=O)C(C)(C)[C@@H](O)CC(=O)O[C@H](C(F)=Cc2ccccn2)CC2OC2(C)CCC[C@H](C)C1O. The van der Waals surface area contributed by atoms with Gasteiger partial charge in [-0.25, -0.2) is 4.39 Å². The van der Waals surface area contributed by atoms with E-state index in [2.05, 4.69) is 4.98 Å². The average molecular weight is 506 g/mol. The van der Waals surface area contributed by atoms with Gasteiger partial charge in [-0.15, -0.1) is 0 Å². The number of pyridine rings is 1. The highest BCUT2D eigenvalue weighted by Gasteiger charge is 2.53. The second-order valence-electron chi connectivity index (χ2n) is 11.1. The van der Waals surface area contributed by atoms with Gasteiger partial charge in [-0.05, 0) is 50.3 Å². The predicted molar refractivity (Wildman–Crippen MR) is 133 cm³/mol. The molecule has 3 rings (SSSR count). The first kappa shape index (κ1) is 28.4. The molecule has 200 valence electrons. The predicted octanol–water partition coefficient (Wildman–Crippen LogP) is 4.40.